The molecule has 88 valence electrons. The van der Waals surface area contributed by atoms with Crippen molar-refractivity contribution in [1.82, 2.24) is 0 Å². The number of ether oxygens (including phenoxy) is 1. The lowest BCUT2D eigenvalue weighted by atomic mass is 9.94. The van der Waals surface area contributed by atoms with E-state index in [1.165, 1.54) is 0 Å². The molecule has 1 aromatic carbocycles. The van der Waals surface area contributed by atoms with Crippen molar-refractivity contribution in [2.45, 2.75) is 37.8 Å². The molecule has 1 aliphatic carbocycles. The van der Waals surface area contributed by atoms with Crippen LogP contribution in [0.4, 0.5) is 0 Å². The molecule has 0 saturated heterocycles. The zero-order valence-electron chi connectivity index (χ0n) is 8.96. The van der Waals surface area contributed by atoms with E-state index in [4.69, 9.17) is 33.7 Å². The molecule has 0 amide bonds. The molecule has 1 aliphatic rings. The molecule has 2 rings (SSSR count). The van der Waals surface area contributed by atoms with Crippen LogP contribution in [0, 0.1) is 0 Å². The van der Waals surface area contributed by atoms with Crippen molar-refractivity contribution in [2.75, 3.05) is 0 Å². The second-order valence-electron chi connectivity index (χ2n) is 4.21. The summed E-state index contributed by atoms with van der Waals surface area (Å²) >= 11 is 12.0. The molecule has 1 aromatic rings. The molecule has 16 heavy (non-hydrogen) atoms. The van der Waals surface area contributed by atoms with E-state index in [0.29, 0.717) is 21.8 Å². The Bertz CT molecular complexity index is 362. The SMILES string of the molecule is NC1CCC(Oc2cccc(Cl)c2Cl)CC1. The Morgan fingerprint density at radius 1 is 1.12 bits per heavy atom. The third-order valence-electron chi connectivity index (χ3n) is 2.93. The van der Waals surface area contributed by atoms with E-state index >= 15 is 0 Å². The van der Waals surface area contributed by atoms with E-state index in [2.05, 4.69) is 0 Å². The van der Waals surface area contributed by atoms with Crippen LogP contribution in [0.25, 0.3) is 0 Å². The van der Waals surface area contributed by atoms with Gasteiger partial charge in [-0.25, -0.2) is 0 Å². The summed E-state index contributed by atoms with van der Waals surface area (Å²) in [5.41, 5.74) is 5.84. The predicted octanol–water partition coefficient (Wildman–Crippen LogP) is 3.64. The van der Waals surface area contributed by atoms with Crippen molar-refractivity contribution < 1.29 is 4.74 Å². The molecule has 0 spiro atoms. The lowest BCUT2D eigenvalue weighted by Crippen LogP contribution is -2.31. The average Bonchev–Trinajstić information content (AvgIpc) is 2.28. The standard InChI is InChI=1S/C12H15Cl2NO/c13-10-2-1-3-11(12(10)14)16-9-6-4-8(15)5-7-9/h1-3,8-9H,4-7,15H2. The lowest BCUT2D eigenvalue weighted by Gasteiger charge is -2.27. The van der Waals surface area contributed by atoms with Crippen molar-refractivity contribution in [2.24, 2.45) is 5.73 Å². The maximum Gasteiger partial charge on any atom is 0.139 e. The van der Waals surface area contributed by atoms with Gasteiger partial charge >= 0.3 is 0 Å². The first kappa shape index (κ1) is 12.0. The van der Waals surface area contributed by atoms with Crippen molar-refractivity contribution in [3.05, 3.63) is 28.2 Å². The van der Waals surface area contributed by atoms with Crippen LogP contribution in [0.5, 0.6) is 5.75 Å². The Morgan fingerprint density at radius 3 is 2.50 bits per heavy atom. The zero-order valence-corrected chi connectivity index (χ0v) is 10.5. The fourth-order valence-corrected chi connectivity index (χ4v) is 2.30. The zero-order chi connectivity index (χ0) is 11.5. The van der Waals surface area contributed by atoms with Gasteiger partial charge in [0.2, 0.25) is 0 Å². The quantitative estimate of drug-likeness (QED) is 0.881. The van der Waals surface area contributed by atoms with Gasteiger partial charge in [0.15, 0.2) is 0 Å². The van der Waals surface area contributed by atoms with E-state index in [1.807, 2.05) is 12.1 Å². The van der Waals surface area contributed by atoms with Crippen molar-refractivity contribution in [3.8, 4) is 5.75 Å². The monoisotopic (exact) mass is 259 g/mol. The molecule has 2 nitrogen and oxygen atoms in total. The van der Waals surface area contributed by atoms with Gasteiger partial charge < -0.3 is 10.5 Å². The molecular formula is C12H15Cl2NO. The van der Waals surface area contributed by atoms with Crippen LogP contribution in [0.15, 0.2) is 18.2 Å². The van der Waals surface area contributed by atoms with Gasteiger partial charge in [-0.3, -0.25) is 0 Å². The van der Waals surface area contributed by atoms with Crippen LogP contribution in [-0.4, -0.2) is 12.1 Å². The number of halogens is 2. The highest BCUT2D eigenvalue weighted by Crippen LogP contribution is 2.33. The maximum atomic E-state index is 6.06. The lowest BCUT2D eigenvalue weighted by molar-refractivity contribution is 0.147. The molecule has 4 heteroatoms. The first-order chi connectivity index (χ1) is 7.66. The summed E-state index contributed by atoms with van der Waals surface area (Å²) in [5, 5.41) is 1.03. The van der Waals surface area contributed by atoms with Crippen LogP contribution < -0.4 is 10.5 Å². The topological polar surface area (TPSA) is 35.2 Å². The summed E-state index contributed by atoms with van der Waals surface area (Å²) < 4.78 is 5.84. The van der Waals surface area contributed by atoms with E-state index in [-0.39, 0.29) is 6.10 Å². The summed E-state index contributed by atoms with van der Waals surface area (Å²) in [5.74, 6) is 0.676. The molecule has 0 bridgehead atoms. The minimum absolute atomic E-state index is 0.218. The summed E-state index contributed by atoms with van der Waals surface area (Å²) in [4.78, 5) is 0. The maximum absolute atomic E-state index is 6.06. The number of hydrogen-bond acceptors (Lipinski definition) is 2. The summed E-state index contributed by atoms with van der Waals surface area (Å²) in [7, 11) is 0. The highest BCUT2D eigenvalue weighted by Gasteiger charge is 2.20. The molecule has 2 N–H and O–H groups in total. The highest BCUT2D eigenvalue weighted by atomic mass is 35.5. The fourth-order valence-electron chi connectivity index (χ4n) is 1.96. The minimum Gasteiger partial charge on any atom is -0.489 e. The van der Waals surface area contributed by atoms with Gasteiger partial charge in [0.05, 0.1) is 11.1 Å². The van der Waals surface area contributed by atoms with Gasteiger partial charge in [0, 0.05) is 6.04 Å². The third kappa shape index (κ3) is 2.82. The van der Waals surface area contributed by atoms with Gasteiger partial charge in [-0.1, -0.05) is 29.3 Å². The van der Waals surface area contributed by atoms with Gasteiger partial charge in [-0.2, -0.15) is 0 Å². The number of benzene rings is 1. The first-order valence-corrected chi connectivity index (χ1v) is 6.28. The van der Waals surface area contributed by atoms with Gasteiger partial charge in [0.1, 0.15) is 10.8 Å². The smallest absolute Gasteiger partial charge is 0.139 e. The van der Waals surface area contributed by atoms with Gasteiger partial charge in [-0.15, -0.1) is 0 Å². The van der Waals surface area contributed by atoms with E-state index in [0.717, 1.165) is 25.7 Å². The first-order valence-electron chi connectivity index (χ1n) is 5.53. The van der Waals surface area contributed by atoms with Crippen molar-refractivity contribution >= 4 is 23.2 Å². The van der Waals surface area contributed by atoms with Crippen LogP contribution in [0.3, 0.4) is 0 Å². The Morgan fingerprint density at radius 2 is 1.81 bits per heavy atom. The Hall–Kier alpha value is -0.440. The summed E-state index contributed by atoms with van der Waals surface area (Å²) in [6.45, 7) is 0. The molecule has 0 heterocycles. The minimum atomic E-state index is 0.218. The van der Waals surface area contributed by atoms with Crippen molar-refractivity contribution in [3.63, 3.8) is 0 Å². The van der Waals surface area contributed by atoms with Crippen LogP contribution in [0.1, 0.15) is 25.7 Å². The normalized spacial score (nSPS) is 25.4. The second kappa shape index (κ2) is 5.26. The van der Waals surface area contributed by atoms with Crippen molar-refractivity contribution in [1.29, 1.82) is 0 Å². The fraction of sp³-hybridized carbons (Fsp3) is 0.500. The van der Waals surface area contributed by atoms with Crippen LogP contribution in [0.2, 0.25) is 10.0 Å². The average molecular weight is 260 g/mol. The van der Waals surface area contributed by atoms with E-state index in [9.17, 15) is 0 Å². The Kier molecular flexibility index (Phi) is 3.95. The third-order valence-corrected chi connectivity index (χ3v) is 3.73. The summed E-state index contributed by atoms with van der Waals surface area (Å²) in [6, 6.07) is 5.78. The Labute approximate surface area is 106 Å². The largest absolute Gasteiger partial charge is 0.489 e. The molecular weight excluding hydrogens is 245 g/mol. The summed E-state index contributed by atoms with van der Waals surface area (Å²) in [6.07, 6.45) is 4.23. The van der Waals surface area contributed by atoms with E-state index in [1.54, 1.807) is 6.07 Å². The molecule has 0 atom stereocenters. The second-order valence-corrected chi connectivity index (χ2v) is 4.99. The van der Waals surface area contributed by atoms with Crippen LogP contribution in [-0.2, 0) is 0 Å². The molecule has 0 unspecified atom stereocenters. The molecule has 1 saturated carbocycles. The predicted molar refractivity (Wildman–Crippen MR) is 67.3 cm³/mol. The molecule has 0 radical (unpaired) electrons. The molecule has 0 aliphatic heterocycles. The number of rotatable bonds is 2. The number of nitrogens with two attached hydrogens (primary N) is 1. The highest BCUT2D eigenvalue weighted by molar-refractivity contribution is 6.42. The van der Waals surface area contributed by atoms with Gasteiger partial charge in [-0.05, 0) is 37.8 Å². The molecule has 1 fully saturated rings. The van der Waals surface area contributed by atoms with E-state index < -0.39 is 0 Å². The Balaban J connectivity index is 2.01. The van der Waals surface area contributed by atoms with Crippen LogP contribution >= 0.6 is 23.2 Å². The van der Waals surface area contributed by atoms with Gasteiger partial charge in [0.25, 0.3) is 0 Å². The molecule has 0 aromatic heterocycles. The number of hydrogen-bond donors (Lipinski definition) is 1.